The molecule has 1 N–H and O–H groups in total. The van der Waals surface area contributed by atoms with Crippen molar-refractivity contribution in [2.45, 2.75) is 32.8 Å². The van der Waals surface area contributed by atoms with Crippen LogP contribution in [-0.4, -0.2) is 34.9 Å². The fourth-order valence-corrected chi connectivity index (χ4v) is 3.02. The first-order chi connectivity index (χ1) is 10.9. The summed E-state index contributed by atoms with van der Waals surface area (Å²) in [4.78, 5) is 21.6. The molecule has 2 aromatic heterocycles. The minimum Gasteiger partial charge on any atom is -0.444 e. The van der Waals surface area contributed by atoms with Crippen LogP contribution in [0, 0.1) is 0 Å². The molecule has 0 saturated carbocycles. The number of hydrogen-bond acceptors (Lipinski definition) is 6. The predicted molar refractivity (Wildman–Crippen MR) is 90.7 cm³/mol. The zero-order valence-electron chi connectivity index (χ0n) is 13.4. The first-order valence-electron chi connectivity index (χ1n) is 7.45. The third-order valence-electron chi connectivity index (χ3n) is 3.16. The fraction of sp³-hybridized carbons (Fsp3) is 0.438. The quantitative estimate of drug-likeness (QED) is 0.904. The number of amides is 1. The Kier molecular flexibility index (Phi) is 4.32. The third kappa shape index (κ3) is 4.05. The number of rotatable bonds is 2. The van der Waals surface area contributed by atoms with E-state index in [0.717, 1.165) is 29.1 Å². The van der Waals surface area contributed by atoms with Crippen LogP contribution in [0.5, 0.6) is 0 Å². The maximum Gasteiger partial charge on any atom is 0.413 e. The van der Waals surface area contributed by atoms with Crippen LogP contribution in [0.15, 0.2) is 18.2 Å². The summed E-state index contributed by atoms with van der Waals surface area (Å²) in [6.45, 7) is 6.81. The number of carbonyl (C=O) groups excluding carboxylic acids is 1. The molecule has 7 heteroatoms. The molecular weight excluding hydrogens is 314 g/mol. The number of aromatic nitrogens is 2. The van der Waals surface area contributed by atoms with Gasteiger partial charge in [0.1, 0.15) is 15.9 Å². The number of carbonyl (C=O) groups is 1. The van der Waals surface area contributed by atoms with Crippen molar-refractivity contribution in [2.24, 2.45) is 0 Å². The summed E-state index contributed by atoms with van der Waals surface area (Å²) >= 11 is 1.34. The molecule has 0 fully saturated rings. The van der Waals surface area contributed by atoms with Crippen molar-refractivity contribution in [3.05, 3.63) is 23.9 Å². The number of hydrogen-bond donors (Lipinski definition) is 1. The Morgan fingerprint density at radius 2 is 2.17 bits per heavy atom. The molecule has 6 nitrogen and oxygen atoms in total. The van der Waals surface area contributed by atoms with Crippen LogP contribution < -0.4 is 5.32 Å². The highest BCUT2D eigenvalue weighted by Gasteiger charge is 2.18. The molecule has 1 aliphatic rings. The van der Waals surface area contributed by atoms with E-state index >= 15 is 0 Å². The van der Waals surface area contributed by atoms with Crippen LogP contribution in [-0.2, 0) is 9.47 Å². The molecule has 0 saturated heterocycles. The summed E-state index contributed by atoms with van der Waals surface area (Å²) in [5, 5.41) is 3.14. The van der Waals surface area contributed by atoms with Gasteiger partial charge in [0.2, 0.25) is 0 Å². The lowest BCUT2D eigenvalue weighted by Crippen LogP contribution is -2.27. The highest BCUT2D eigenvalue weighted by atomic mass is 32.1. The summed E-state index contributed by atoms with van der Waals surface area (Å²) < 4.78 is 10.6. The van der Waals surface area contributed by atoms with Gasteiger partial charge in [-0.2, -0.15) is 0 Å². The number of thiazole rings is 1. The molecule has 1 amide bonds. The van der Waals surface area contributed by atoms with Crippen molar-refractivity contribution < 1.29 is 14.3 Å². The van der Waals surface area contributed by atoms with E-state index in [-0.39, 0.29) is 0 Å². The summed E-state index contributed by atoms with van der Waals surface area (Å²) in [7, 11) is 0. The molecule has 0 unspecified atom stereocenters. The molecule has 0 aliphatic carbocycles. The Morgan fingerprint density at radius 3 is 2.87 bits per heavy atom. The van der Waals surface area contributed by atoms with Crippen molar-refractivity contribution in [2.75, 3.05) is 18.5 Å². The van der Waals surface area contributed by atoms with Crippen LogP contribution >= 0.6 is 11.3 Å². The maximum atomic E-state index is 11.8. The maximum absolute atomic E-state index is 11.8. The minimum atomic E-state index is -0.540. The van der Waals surface area contributed by atoms with E-state index in [9.17, 15) is 4.79 Å². The number of nitrogens with zero attached hydrogens (tertiary/aromatic N) is 2. The topological polar surface area (TPSA) is 73.3 Å². The highest BCUT2D eigenvalue weighted by Crippen LogP contribution is 2.28. The Labute approximate surface area is 138 Å². The Balaban J connectivity index is 1.79. The fourth-order valence-electron chi connectivity index (χ4n) is 2.20. The van der Waals surface area contributed by atoms with Crippen LogP contribution in [0.2, 0.25) is 0 Å². The van der Waals surface area contributed by atoms with Gasteiger partial charge in [0, 0.05) is 0 Å². The standard InChI is InChI=1S/C16H19N3O3S/c1-16(2,3)22-15(20)19-14-18-12-5-4-11(17-13(12)23-14)10-6-8-21-9-7-10/h4-6H,7-9H2,1-3H3,(H,18,19,20). The number of ether oxygens (including phenoxy) is 2. The zero-order chi connectivity index (χ0) is 16.4. The van der Waals surface area contributed by atoms with Crippen molar-refractivity contribution >= 4 is 38.5 Å². The second-order valence-corrected chi connectivity index (χ2v) is 7.20. The van der Waals surface area contributed by atoms with Gasteiger partial charge in [0.05, 0.1) is 18.9 Å². The molecule has 3 heterocycles. The van der Waals surface area contributed by atoms with E-state index in [1.807, 2.05) is 32.9 Å². The molecule has 0 atom stereocenters. The van der Waals surface area contributed by atoms with E-state index in [4.69, 9.17) is 9.47 Å². The molecular formula is C16H19N3O3S. The van der Waals surface area contributed by atoms with E-state index in [2.05, 4.69) is 21.4 Å². The van der Waals surface area contributed by atoms with Crippen LogP contribution in [0.25, 0.3) is 15.9 Å². The van der Waals surface area contributed by atoms with Gasteiger partial charge in [-0.25, -0.2) is 14.8 Å². The number of nitrogens with one attached hydrogen (secondary N) is 1. The zero-order valence-corrected chi connectivity index (χ0v) is 14.2. The number of fused-ring (bicyclic) bond motifs is 1. The molecule has 1 aliphatic heterocycles. The van der Waals surface area contributed by atoms with Gasteiger partial charge in [-0.05, 0) is 44.9 Å². The van der Waals surface area contributed by atoms with Crippen molar-refractivity contribution in [3.63, 3.8) is 0 Å². The molecule has 0 bridgehead atoms. The summed E-state index contributed by atoms with van der Waals surface area (Å²) in [6.07, 6.45) is 2.41. The lowest BCUT2D eigenvalue weighted by atomic mass is 10.1. The molecule has 0 aromatic carbocycles. The average molecular weight is 333 g/mol. The summed E-state index contributed by atoms with van der Waals surface area (Å²) in [5.74, 6) is 0. The van der Waals surface area contributed by atoms with Gasteiger partial charge < -0.3 is 9.47 Å². The van der Waals surface area contributed by atoms with Crippen LogP contribution in [0.1, 0.15) is 32.9 Å². The van der Waals surface area contributed by atoms with Gasteiger partial charge in [0.25, 0.3) is 0 Å². The summed E-state index contributed by atoms with van der Waals surface area (Å²) in [6, 6.07) is 3.88. The smallest absolute Gasteiger partial charge is 0.413 e. The lowest BCUT2D eigenvalue weighted by molar-refractivity contribution is 0.0636. The van der Waals surface area contributed by atoms with Crippen LogP contribution in [0.4, 0.5) is 9.93 Å². The van der Waals surface area contributed by atoms with Gasteiger partial charge in [0.15, 0.2) is 5.13 Å². The van der Waals surface area contributed by atoms with E-state index < -0.39 is 11.7 Å². The largest absolute Gasteiger partial charge is 0.444 e. The number of anilines is 1. The molecule has 0 spiro atoms. The van der Waals surface area contributed by atoms with Gasteiger partial charge in [-0.3, -0.25) is 5.32 Å². The molecule has 0 radical (unpaired) electrons. The van der Waals surface area contributed by atoms with Crippen molar-refractivity contribution in [3.8, 4) is 0 Å². The molecule has 3 rings (SSSR count). The Bertz CT molecular complexity index is 762. The molecule has 2 aromatic rings. The van der Waals surface area contributed by atoms with Gasteiger partial charge >= 0.3 is 6.09 Å². The van der Waals surface area contributed by atoms with E-state index in [0.29, 0.717) is 11.7 Å². The summed E-state index contributed by atoms with van der Waals surface area (Å²) in [5.41, 5.74) is 2.35. The second kappa shape index (κ2) is 6.25. The second-order valence-electron chi connectivity index (χ2n) is 6.22. The monoisotopic (exact) mass is 333 g/mol. The Hall–Kier alpha value is -1.99. The number of pyridine rings is 1. The molecule has 23 heavy (non-hydrogen) atoms. The minimum absolute atomic E-state index is 0.486. The van der Waals surface area contributed by atoms with E-state index in [1.54, 1.807) is 0 Å². The van der Waals surface area contributed by atoms with Crippen molar-refractivity contribution in [1.82, 2.24) is 9.97 Å². The van der Waals surface area contributed by atoms with Gasteiger partial charge in [-0.15, -0.1) is 0 Å². The highest BCUT2D eigenvalue weighted by molar-refractivity contribution is 7.21. The normalized spacial score (nSPS) is 15.3. The van der Waals surface area contributed by atoms with Gasteiger partial charge in [-0.1, -0.05) is 17.4 Å². The van der Waals surface area contributed by atoms with E-state index in [1.165, 1.54) is 16.9 Å². The Morgan fingerprint density at radius 1 is 1.35 bits per heavy atom. The first kappa shape index (κ1) is 15.9. The SMILES string of the molecule is CC(C)(C)OC(=O)Nc1nc2ccc(C3=CCOCC3)nc2s1. The van der Waals surface area contributed by atoms with Crippen LogP contribution in [0.3, 0.4) is 0 Å². The lowest BCUT2D eigenvalue weighted by Gasteiger charge is -2.18. The first-order valence-corrected chi connectivity index (χ1v) is 8.27. The average Bonchev–Trinajstić information content (AvgIpc) is 2.87. The van der Waals surface area contributed by atoms with Crippen molar-refractivity contribution in [1.29, 1.82) is 0 Å². The molecule has 122 valence electrons. The third-order valence-corrected chi connectivity index (χ3v) is 4.04. The predicted octanol–water partition coefficient (Wildman–Crippen LogP) is 3.84.